The van der Waals surface area contributed by atoms with Crippen molar-refractivity contribution in [1.82, 2.24) is 19.7 Å². The molecule has 182 valence electrons. The molecule has 0 aliphatic carbocycles. The molecule has 0 atom stereocenters. The van der Waals surface area contributed by atoms with Crippen LogP contribution in [-0.2, 0) is 11.3 Å². The number of benzene rings is 2. The van der Waals surface area contributed by atoms with Crippen LogP contribution in [0, 0.1) is 0 Å². The van der Waals surface area contributed by atoms with E-state index in [1.54, 1.807) is 0 Å². The van der Waals surface area contributed by atoms with Crippen LogP contribution in [0.3, 0.4) is 0 Å². The summed E-state index contributed by atoms with van der Waals surface area (Å²) in [7, 11) is 0. The largest absolute Gasteiger partial charge is 0.478 e. The van der Waals surface area contributed by atoms with E-state index in [9.17, 15) is 14.7 Å². The summed E-state index contributed by atoms with van der Waals surface area (Å²) in [6.45, 7) is 6.33. The molecule has 7 heteroatoms. The maximum absolute atomic E-state index is 12.7. The molecule has 2 aliphatic heterocycles. The quantitative estimate of drug-likeness (QED) is 0.565. The average Bonchev–Trinajstić information content (AvgIpc) is 3.41. The van der Waals surface area contributed by atoms with Crippen LogP contribution in [-0.4, -0.2) is 82.5 Å². The third-order valence-corrected chi connectivity index (χ3v) is 7.20. The first-order valence-electron chi connectivity index (χ1n) is 12.5. The molecule has 2 saturated heterocycles. The van der Waals surface area contributed by atoms with Gasteiger partial charge in [0, 0.05) is 62.2 Å². The van der Waals surface area contributed by atoms with Gasteiger partial charge in [0.1, 0.15) is 0 Å². The number of hydrogen-bond acceptors (Lipinski definition) is 5. The summed E-state index contributed by atoms with van der Waals surface area (Å²) in [5, 5.41) is 10.9. The highest BCUT2D eigenvalue weighted by Crippen LogP contribution is 2.31. The second-order valence-electron chi connectivity index (χ2n) is 9.46. The first kappa shape index (κ1) is 23.5. The molecule has 0 unspecified atom stereocenters. The van der Waals surface area contributed by atoms with Crippen molar-refractivity contribution in [3.05, 3.63) is 65.7 Å². The standard InChI is InChI=1S/C28H32N4O3/c33-25(12-15-30-13-6-7-14-30)32-18-16-31(17-19-32)20-23-26(28(34)35)22-10-4-5-11-24(22)29-27(23)21-8-2-1-3-9-21/h1-5,8-11H,6-7,12-20H2,(H,34,35). The number of rotatable bonds is 7. The van der Waals surface area contributed by atoms with Crippen LogP contribution in [0.1, 0.15) is 35.2 Å². The molecule has 0 spiro atoms. The van der Waals surface area contributed by atoms with Crippen LogP contribution < -0.4 is 0 Å². The Hall–Kier alpha value is -3.29. The Morgan fingerprint density at radius 2 is 1.51 bits per heavy atom. The third kappa shape index (κ3) is 5.21. The fourth-order valence-electron chi connectivity index (χ4n) is 5.28. The molecular formula is C28H32N4O3. The number of carboxylic acid groups (broad SMARTS) is 1. The molecule has 0 bridgehead atoms. The molecule has 1 aromatic heterocycles. The highest BCUT2D eigenvalue weighted by atomic mass is 16.4. The van der Waals surface area contributed by atoms with Crippen LogP contribution in [0.2, 0.25) is 0 Å². The molecule has 3 heterocycles. The number of para-hydroxylation sites is 1. The molecule has 2 aromatic carbocycles. The fraction of sp³-hybridized carbons (Fsp3) is 0.393. The van der Waals surface area contributed by atoms with E-state index >= 15 is 0 Å². The van der Waals surface area contributed by atoms with E-state index in [0.29, 0.717) is 48.2 Å². The van der Waals surface area contributed by atoms with Crippen molar-refractivity contribution in [3.8, 4) is 11.3 Å². The highest BCUT2D eigenvalue weighted by Gasteiger charge is 2.26. The van der Waals surface area contributed by atoms with E-state index in [-0.39, 0.29) is 5.91 Å². The molecule has 5 rings (SSSR count). The Morgan fingerprint density at radius 1 is 0.829 bits per heavy atom. The van der Waals surface area contributed by atoms with Crippen molar-refractivity contribution in [2.24, 2.45) is 0 Å². The Morgan fingerprint density at radius 3 is 2.23 bits per heavy atom. The highest BCUT2D eigenvalue weighted by molar-refractivity contribution is 6.05. The predicted molar refractivity (Wildman–Crippen MR) is 136 cm³/mol. The van der Waals surface area contributed by atoms with Gasteiger partial charge in [-0.15, -0.1) is 0 Å². The van der Waals surface area contributed by atoms with Gasteiger partial charge in [0.05, 0.1) is 16.8 Å². The lowest BCUT2D eigenvalue weighted by molar-refractivity contribution is -0.133. The molecule has 3 aromatic rings. The molecule has 2 aliphatic rings. The molecule has 0 saturated carbocycles. The summed E-state index contributed by atoms with van der Waals surface area (Å²) in [5.74, 6) is -0.716. The number of carbonyl (C=O) groups is 2. The van der Waals surface area contributed by atoms with Gasteiger partial charge < -0.3 is 14.9 Å². The zero-order valence-electron chi connectivity index (χ0n) is 20.0. The topological polar surface area (TPSA) is 77.0 Å². The summed E-state index contributed by atoms with van der Waals surface area (Å²) in [4.78, 5) is 36.7. The van der Waals surface area contributed by atoms with E-state index in [4.69, 9.17) is 4.98 Å². The van der Waals surface area contributed by atoms with Gasteiger partial charge in [-0.1, -0.05) is 48.5 Å². The SMILES string of the molecule is O=C(O)c1c(CN2CCN(C(=O)CCN3CCCC3)CC2)c(-c2ccccc2)nc2ccccc12. The normalized spacial score (nSPS) is 17.2. The third-order valence-electron chi connectivity index (χ3n) is 7.20. The van der Waals surface area contributed by atoms with E-state index in [1.807, 2.05) is 59.5 Å². The predicted octanol–water partition coefficient (Wildman–Crippen LogP) is 3.73. The Bertz CT molecular complexity index is 1200. The van der Waals surface area contributed by atoms with Crippen LogP contribution in [0.25, 0.3) is 22.2 Å². The van der Waals surface area contributed by atoms with E-state index < -0.39 is 5.97 Å². The number of likely N-dealkylation sites (tertiary alicyclic amines) is 1. The number of nitrogens with zero attached hydrogens (tertiary/aromatic N) is 4. The molecule has 1 amide bonds. The zero-order chi connectivity index (χ0) is 24.2. The minimum Gasteiger partial charge on any atom is -0.478 e. The fourth-order valence-corrected chi connectivity index (χ4v) is 5.28. The van der Waals surface area contributed by atoms with Crippen LogP contribution in [0.15, 0.2) is 54.6 Å². The first-order valence-corrected chi connectivity index (χ1v) is 12.5. The van der Waals surface area contributed by atoms with Crippen molar-refractivity contribution < 1.29 is 14.7 Å². The van der Waals surface area contributed by atoms with Crippen molar-refractivity contribution in [1.29, 1.82) is 0 Å². The number of aromatic carboxylic acids is 1. The van der Waals surface area contributed by atoms with Gasteiger partial charge >= 0.3 is 5.97 Å². The molecular weight excluding hydrogens is 440 g/mol. The lowest BCUT2D eigenvalue weighted by Gasteiger charge is -2.35. The Balaban J connectivity index is 1.36. The monoisotopic (exact) mass is 472 g/mol. The summed E-state index contributed by atoms with van der Waals surface area (Å²) >= 11 is 0. The van der Waals surface area contributed by atoms with Crippen LogP contribution in [0.5, 0.6) is 0 Å². The second kappa shape index (κ2) is 10.5. The summed E-state index contributed by atoms with van der Waals surface area (Å²) < 4.78 is 0. The maximum atomic E-state index is 12.7. The minimum absolute atomic E-state index is 0.222. The minimum atomic E-state index is -0.938. The molecule has 35 heavy (non-hydrogen) atoms. The first-order chi connectivity index (χ1) is 17.1. The van der Waals surface area contributed by atoms with E-state index in [1.165, 1.54) is 12.8 Å². The van der Waals surface area contributed by atoms with Gasteiger partial charge in [0.15, 0.2) is 0 Å². The lowest BCUT2D eigenvalue weighted by atomic mass is 9.96. The number of piperazine rings is 1. The van der Waals surface area contributed by atoms with E-state index in [2.05, 4.69) is 9.80 Å². The zero-order valence-corrected chi connectivity index (χ0v) is 20.0. The number of carbonyl (C=O) groups excluding carboxylic acids is 1. The Kier molecular flexibility index (Phi) is 7.06. The van der Waals surface area contributed by atoms with Gasteiger partial charge in [-0.3, -0.25) is 9.69 Å². The van der Waals surface area contributed by atoms with Gasteiger partial charge in [-0.25, -0.2) is 9.78 Å². The second-order valence-corrected chi connectivity index (χ2v) is 9.46. The van der Waals surface area contributed by atoms with Crippen LogP contribution in [0.4, 0.5) is 0 Å². The van der Waals surface area contributed by atoms with E-state index in [0.717, 1.165) is 43.9 Å². The van der Waals surface area contributed by atoms with Gasteiger partial charge in [0.25, 0.3) is 0 Å². The Labute approximate surface area is 206 Å². The number of amides is 1. The van der Waals surface area contributed by atoms with Crippen molar-refractivity contribution in [2.45, 2.75) is 25.8 Å². The van der Waals surface area contributed by atoms with Gasteiger partial charge in [-0.05, 0) is 32.0 Å². The molecule has 7 nitrogen and oxygen atoms in total. The lowest BCUT2D eigenvalue weighted by Crippen LogP contribution is -2.48. The van der Waals surface area contributed by atoms with Gasteiger partial charge in [-0.2, -0.15) is 0 Å². The van der Waals surface area contributed by atoms with Crippen LogP contribution >= 0.6 is 0 Å². The number of carboxylic acids is 1. The smallest absolute Gasteiger partial charge is 0.336 e. The van der Waals surface area contributed by atoms with Gasteiger partial charge in [0.2, 0.25) is 5.91 Å². The number of hydrogen-bond donors (Lipinski definition) is 1. The average molecular weight is 473 g/mol. The number of aromatic nitrogens is 1. The maximum Gasteiger partial charge on any atom is 0.336 e. The molecule has 0 radical (unpaired) electrons. The van der Waals surface area contributed by atoms with Crippen molar-refractivity contribution in [3.63, 3.8) is 0 Å². The molecule has 1 N–H and O–H groups in total. The summed E-state index contributed by atoms with van der Waals surface area (Å²) in [6.07, 6.45) is 3.05. The number of pyridine rings is 1. The van der Waals surface area contributed by atoms with Crippen molar-refractivity contribution >= 4 is 22.8 Å². The summed E-state index contributed by atoms with van der Waals surface area (Å²) in [6, 6.07) is 17.2. The number of fused-ring (bicyclic) bond motifs is 1. The summed E-state index contributed by atoms with van der Waals surface area (Å²) in [5.41, 5.74) is 3.35. The van der Waals surface area contributed by atoms with Crippen molar-refractivity contribution in [2.75, 3.05) is 45.8 Å². The molecule has 2 fully saturated rings.